The highest BCUT2D eigenvalue weighted by Crippen LogP contribution is 2.26. The lowest BCUT2D eigenvalue weighted by atomic mass is 9.98. The number of benzene rings is 1. The van der Waals surface area contributed by atoms with E-state index in [1.54, 1.807) is 6.07 Å². The van der Waals surface area contributed by atoms with E-state index < -0.39 is 9.84 Å². The predicted molar refractivity (Wildman–Crippen MR) is 77.6 cm³/mol. The maximum Gasteiger partial charge on any atom is 0.186 e. The number of hydrogen-bond donors (Lipinski definition) is 1. The summed E-state index contributed by atoms with van der Waals surface area (Å²) < 4.78 is 30.2. The van der Waals surface area contributed by atoms with Gasteiger partial charge in [-0.2, -0.15) is 0 Å². The van der Waals surface area contributed by atoms with Gasteiger partial charge in [-0.1, -0.05) is 24.6 Å². The SMILES string of the molecule is O=S(=O)(c1ccccc1CC1CCCCN1)C1COC1. The normalized spacial score (nSPS) is 24.3. The van der Waals surface area contributed by atoms with Crippen molar-refractivity contribution in [3.8, 4) is 0 Å². The quantitative estimate of drug-likeness (QED) is 0.915. The van der Waals surface area contributed by atoms with Gasteiger partial charge in [-0.3, -0.25) is 0 Å². The highest BCUT2D eigenvalue weighted by atomic mass is 32.2. The summed E-state index contributed by atoms with van der Waals surface area (Å²) in [5.74, 6) is 0. The molecule has 2 fully saturated rings. The Kier molecular flexibility index (Phi) is 4.10. The predicted octanol–water partition coefficient (Wildman–Crippen LogP) is 1.54. The molecule has 0 bridgehead atoms. The van der Waals surface area contributed by atoms with Crippen LogP contribution in [0.3, 0.4) is 0 Å². The molecule has 20 heavy (non-hydrogen) atoms. The third-order valence-corrected chi connectivity index (χ3v) is 6.37. The van der Waals surface area contributed by atoms with Crippen LogP contribution in [0.4, 0.5) is 0 Å². The molecule has 3 rings (SSSR count). The lowest BCUT2D eigenvalue weighted by Crippen LogP contribution is -2.41. The molecule has 1 unspecified atom stereocenters. The van der Waals surface area contributed by atoms with E-state index >= 15 is 0 Å². The van der Waals surface area contributed by atoms with Crippen LogP contribution in [-0.2, 0) is 21.0 Å². The lowest BCUT2D eigenvalue weighted by Gasteiger charge is -2.28. The second-order valence-electron chi connectivity index (χ2n) is 5.66. The van der Waals surface area contributed by atoms with Crippen LogP contribution in [0.1, 0.15) is 24.8 Å². The fourth-order valence-electron chi connectivity index (χ4n) is 2.89. The number of piperidine rings is 1. The Morgan fingerprint density at radius 3 is 2.65 bits per heavy atom. The fraction of sp³-hybridized carbons (Fsp3) is 0.600. The molecule has 0 saturated carbocycles. The molecule has 4 nitrogen and oxygen atoms in total. The summed E-state index contributed by atoms with van der Waals surface area (Å²) in [6.07, 6.45) is 4.36. The largest absolute Gasteiger partial charge is 0.379 e. The molecule has 0 spiro atoms. The van der Waals surface area contributed by atoms with E-state index in [1.165, 1.54) is 12.8 Å². The van der Waals surface area contributed by atoms with Crippen LogP contribution in [0, 0.1) is 0 Å². The number of sulfone groups is 1. The first-order chi connectivity index (χ1) is 9.68. The Morgan fingerprint density at radius 2 is 2.00 bits per heavy atom. The van der Waals surface area contributed by atoms with Crippen LogP contribution >= 0.6 is 0 Å². The van der Waals surface area contributed by atoms with E-state index in [0.29, 0.717) is 24.2 Å². The van der Waals surface area contributed by atoms with Crippen LogP contribution < -0.4 is 5.32 Å². The summed E-state index contributed by atoms with van der Waals surface area (Å²) in [4.78, 5) is 0.501. The molecule has 5 heteroatoms. The molecule has 1 N–H and O–H groups in total. The van der Waals surface area contributed by atoms with Crippen molar-refractivity contribution in [2.24, 2.45) is 0 Å². The molecule has 1 atom stereocenters. The molecule has 110 valence electrons. The lowest BCUT2D eigenvalue weighted by molar-refractivity contribution is 0.0416. The third-order valence-electron chi connectivity index (χ3n) is 4.20. The van der Waals surface area contributed by atoms with Gasteiger partial charge in [0.2, 0.25) is 0 Å². The summed E-state index contributed by atoms with van der Waals surface area (Å²) in [5, 5.41) is 3.13. The Bertz CT molecular complexity index is 560. The standard InChI is InChI=1S/C15H21NO3S/c17-20(18,14-10-19-11-14)15-7-2-1-5-12(15)9-13-6-3-4-8-16-13/h1-2,5,7,13-14,16H,3-4,6,8-11H2. The summed E-state index contributed by atoms with van der Waals surface area (Å²) in [6, 6.07) is 7.82. The van der Waals surface area contributed by atoms with Crippen molar-refractivity contribution in [2.45, 2.75) is 41.9 Å². The summed E-state index contributed by atoms with van der Waals surface area (Å²) >= 11 is 0. The average Bonchev–Trinajstić information content (AvgIpc) is 2.38. The number of ether oxygens (including phenoxy) is 1. The molecular weight excluding hydrogens is 274 g/mol. The Labute approximate surface area is 120 Å². The number of hydrogen-bond acceptors (Lipinski definition) is 4. The van der Waals surface area contributed by atoms with E-state index in [4.69, 9.17) is 4.74 Å². The van der Waals surface area contributed by atoms with Crippen LogP contribution in [0.5, 0.6) is 0 Å². The zero-order valence-electron chi connectivity index (χ0n) is 11.5. The minimum Gasteiger partial charge on any atom is -0.379 e. The van der Waals surface area contributed by atoms with Gasteiger partial charge in [0.15, 0.2) is 9.84 Å². The van der Waals surface area contributed by atoms with E-state index in [1.807, 2.05) is 18.2 Å². The average molecular weight is 295 g/mol. The fourth-order valence-corrected chi connectivity index (χ4v) is 4.58. The topological polar surface area (TPSA) is 55.4 Å². The Balaban J connectivity index is 1.84. The van der Waals surface area contributed by atoms with Gasteiger partial charge >= 0.3 is 0 Å². The molecular formula is C15H21NO3S. The van der Waals surface area contributed by atoms with E-state index in [9.17, 15) is 8.42 Å². The Hall–Kier alpha value is -0.910. The maximum absolute atomic E-state index is 12.6. The summed E-state index contributed by atoms with van der Waals surface area (Å²) in [6.45, 7) is 1.70. The molecule has 0 radical (unpaired) electrons. The number of nitrogens with one attached hydrogen (secondary N) is 1. The van der Waals surface area contributed by atoms with Gasteiger partial charge in [0.1, 0.15) is 5.25 Å². The first-order valence-electron chi connectivity index (χ1n) is 7.31. The molecule has 0 aromatic heterocycles. The van der Waals surface area contributed by atoms with Crippen molar-refractivity contribution >= 4 is 9.84 Å². The van der Waals surface area contributed by atoms with Crippen molar-refractivity contribution in [2.75, 3.05) is 19.8 Å². The van der Waals surface area contributed by atoms with Crippen molar-refractivity contribution in [1.82, 2.24) is 5.32 Å². The maximum atomic E-state index is 12.6. The monoisotopic (exact) mass is 295 g/mol. The molecule has 2 aliphatic heterocycles. The molecule has 2 aliphatic rings. The Morgan fingerprint density at radius 1 is 1.20 bits per heavy atom. The van der Waals surface area contributed by atoms with Gasteiger partial charge in [0.25, 0.3) is 0 Å². The van der Waals surface area contributed by atoms with E-state index in [2.05, 4.69) is 5.32 Å². The van der Waals surface area contributed by atoms with Crippen LogP contribution in [-0.4, -0.2) is 39.5 Å². The van der Waals surface area contributed by atoms with Gasteiger partial charge in [-0.05, 0) is 37.4 Å². The van der Waals surface area contributed by atoms with Crippen molar-refractivity contribution < 1.29 is 13.2 Å². The van der Waals surface area contributed by atoms with Crippen molar-refractivity contribution in [1.29, 1.82) is 0 Å². The molecule has 1 aromatic carbocycles. The molecule has 0 aliphatic carbocycles. The molecule has 2 saturated heterocycles. The van der Waals surface area contributed by atoms with Crippen LogP contribution in [0.25, 0.3) is 0 Å². The van der Waals surface area contributed by atoms with Gasteiger partial charge in [0.05, 0.1) is 18.1 Å². The van der Waals surface area contributed by atoms with Crippen molar-refractivity contribution in [3.05, 3.63) is 29.8 Å². The first kappa shape index (κ1) is 14.0. The van der Waals surface area contributed by atoms with Gasteiger partial charge < -0.3 is 10.1 Å². The van der Waals surface area contributed by atoms with Crippen LogP contribution in [0.15, 0.2) is 29.2 Å². The summed E-state index contributed by atoms with van der Waals surface area (Å²) in [7, 11) is -3.24. The smallest absolute Gasteiger partial charge is 0.186 e. The second kappa shape index (κ2) is 5.84. The second-order valence-corrected chi connectivity index (χ2v) is 7.86. The van der Waals surface area contributed by atoms with Crippen LogP contribution in [0.2, 0.25) is 0 Å². The highest BCUT2D eigenvalue weighted by Gasteiger charge is 2.35. The molecule has 0 amide bonds. The van der Waals surface area contributed by atoms with E-state index in [-0.39, 0.29) is 5.25 Å². The van der Waals surface area contributed by atoms with E-state index in [0.717, 1.165) is 24.9 Å². The first-order valence-corrected chi connectivity index (χ1v) is 8.85. The summed E-state index contributed by atoms with van der Waals surface area (Å²) in [5.41, 5.74) is 0.943. The highest BCUT2D eigenvalue weighted by molar-refractivity contribution is 7.92. The van der Waals surface area contributed by atoms with Gasteiger partial charge in [-0.15, -0.1) is 0 Å². The van der Waals surface area contributed by atoms with Gasteiger partial charge in [-0.25, -0.2) is 8.42 Å². The third kappa shape index (κ3) is 2.75. The minimum absolute atomic E-state index is 0.332. The zero-order valence-corrected chi connectivity index (χ0v) is 12.4. The molecule has 2 heterocycles. The molecule has 1 aromatic rings. The zero-order chi connectivity index (χ0) is 14.0. The van der Waals surface area contributed by atoms with Gasteiger partial charge in [0, 0.05) is 6.04 Å². The number of rotatable bonds is 4. The minimum atomic E-state index is -3.24. The van der Waals surface area contributed by atoms with Crippen molar-refractivity contribution in [3.63, 3.8) is 0 Å².